The van der Waals surface area contributed by atoms with Crippen LogP contribution in [0.5, 0.6) is 0 Å². The molecule has 0 atom stereocenters. The number of hydrogen-bond acceptors (Lipinski definition) is 2. The Morgan fingerprint density at radius 1 is 0.500 bits per heavy atom. The molecule has 0 aromatic heterocycles. The molecule has 6 N–H and O–H groups in total. The molecule has 0 aliphatic heterocycles. The van der Waals surface area contributed by atoms with Crippen LogP contribution in [-0.2, 0) is 0 Å². The molecule has 4 heavy (non-hydrogen) atoms. The van der Waals surface area contributed by atoms with E-state index < -0.39 is 0 Å². The Morgan fingerprint density at radius 3 is 0.500 bits per heavy atom. The molecule has 0 bridgehead atoms. The van der Waals surface area contributed by atoms with Gasteiger partial charge in [-0.1, -0.05) is 0 Å². The summed E-state index contributed by atoms with van der Waals surface area (Å²) >= 11 is 0. The average Bonchev–Trinajstić information content (AvgIpc) is 0. The third kappa shape index (κ3) is 9.07. The molecule has 18 valence electrons. The summed E-state index contributed by atoms with van der Waals surface area (Å²) in [5.41, 5.74) is 0. The normalized spacial score (nSPS) is 0. The molecule has 0 fully saturated rings. The Balaban J connectivity index is 0. The summed E-state index contributed by atoms with van der Waals surface area (Å²) in [7, 11) is 0. The van der Waals surface area contributed by atoms with E-state index in [1.54, 1.807) is 0 Å². The van der Waals surface area contributed by atoms with Crippen molar-refractivity contribution in [2.75, 3.05) is 0 Å². The van der Waals surface area contributed by atoms with Gasteiger partial charge in [0.2, 0.25) is 0 Å². The molecule has 0 amide bonds. The van der Waals surface area contributed by atoms with Gasteiger partial charge in [-0.05, 0) is 0 Å². The van der Waals surface area contributed by atoms with Gasteiger partial charge in [0.15, 0.2) is 0 Å². The van der Waals surface area contributed by atoms with E-state index >= 15 is 0 Å². The molecule has 0 aliphatic carbocycles. The first kappa shape index (κ1) is 38.9. The summed E-state index contributed by atoms with van der Waals surface area (Å²) in [4.78, 5) is 0. The molecule has 4 heteroatoms. The topological polar surface area (TPSA) is 70.0 Å². The minimum Gasteiger partial charge on any atom is -0.344 e. The molecule has 0 rings (SSSR count). The second-order valence-electron chi connectivity index (χ2n) is 0. The van der Waals surface area contributed by atoms with Crippen LogP contribution in [0.1, 0.15) is 0 Å². The van der Waals surface area contributed by atoms with Crippen LogP contribution in [0.4, 0.5) is 0 Å². The maximum atomic E-state index is 0. The van der Waals surface area contributed by atoms with Gasteiger partial charge in [-0.3, -0.25) is 0 Å². The zero-order chi connectivity index (χ0) is 0. The quantitative estimate of drug-likeness (QED) is 0.387. The van der Waals surface area contributed by atoms with Crippen LogP contribution in [0.15, 0.2) is 0 Å². The van der Waals surface area contributed by atoms with Crippen molar-refractivity contribution in [3.05, 3.63) is 0 Å². The van der Waals surface area contributed by atoms with E-state index in [4.69, 9.17) is 0 Å². The molecular weight excluding hydrogens is 74.0 g/mol. The molecule has 0 saturated carbocycles. The van der Waals surface area contributed by atoms with Crippen molar-refractivity contribution in [2.45, 2.75) is 0 Å². The van der Waals surface area contributed by atoms with Gasteiger partial charge in [-0.2, -0.15) is 0 Å². The number of hydrogen-bond donors (Lipinski definition) is 2. The second kappa shape index (κ2) is 20.5. The van der Waals surface area contributed by atoms with E-state index in [0.717, 1.165) is 0 Å². The molecule has 0 aromatic rings. The first-order chi connectivity index (χ1) is 0. The van der Waals surface area contributed by atoms with E-state index in [9.17, 15) is 0 Å². The fourth-order valence-electron chi connectivity index (χ4n) is 0. The Morgan fingerprint density at radius 2 is 0.500 bits per heavy atom. The van der Waals surface area contributed by atoms with Crippen molar-refractivity contribution < 1.29 is 0 Å². The van der Waals surface area contributed by atoms with Crippen LogP contribution < -0.4 is 12.3 Å². The SMILES string of the molecule is N.N.[Na].[Na]. The van der Waals surface area contributed by atoms with Crippen LogP contribution >= 0.6 is 0 Å². The molecule has 0 heterocycles. The smallest absolute Gasteiger partial charge is 0 e. The van der Waals surface area contributed by atoms with Crippen LogP contribution in [0.3, 0.4) is 0 Å². The third-order valence-corrected chi connectivity index (χ3v) is 0. The first-order valence-electron chi connectivity index (χ1n) is 0. The predicted octanol–water partition coefficient (Wildman–Crippen LogP) is -0.438. The molecule has 2 radical (unpaired) electrons. The van der Waals surface area contributed by atoms with Crippen LogP contribution in [-0.4, -0.2) is 59.1 Å². The zero-order valence-corrected chi connectivity index (χ0v) is 7.41. The van der Waals surface area contributed by atoms with Crippen molar-refractivity contribution in [1.82, 2.24) is 12.3 Å². The largest absolute Gasteiger partial charge is 0.344 e. The van der Waals surface area contributed by atoms with Crippen molar-refractivity contribution in [3.63, 3.8) is 0 Å². The van der Waals surface area contributed by atoms with E-state index in [1.807, 2.05) is 0 Å². The van der Waals surface area contributed by atoms with Crippen LogP contribution in [0.25, 0.3) is 0 Å². The standard InChI is InChI=1S/2H3N.2Na/h2*1H3;;. The van der Waals surface area contributed by atoms with E-state index in [-0.39, 0.29) is 71.4 Å². The van der Waals surface area contributed by atoms with Gasteiger partial charge < -0.3 is 12.3 Å². The van der Waals surface area contributed by atoms with E-state index in [1.165, 1.54) is 0 Å². The summed E-state index contributed by atoms with van der Waals surface area (Å²) in [6, 6.07) is 0. The fourth-order valence-corrected chi connectivity index (χ4v) is 0. The van der Waals surface area contributed by atoms with Crippen LogP contribution in [0.2, 0.25) is 0 Å². The Labute approximate surface area is 70.5 Å². The summed E-state index contributed by atoms with van der Waals surface area (Å²) in [5, 5.41) is 0. The van der Waals surface area contributed by atoms with Gasteiger partial charge >= 0.3 is 0 Å². The monoisotopic (exact) mass is 80.0 g/mol. The van der Waals surface area contributed by atoms with Crippen LogP contribution in [0, 0.1) is 0 Å². The Bertz CT molecular complexity index is 4.00. The van der Waals surface area contributed by atoms with E-state index in [0.29, 0.717) is 0 Å². The Kier molecular flexibility index (Phi) is 199. The first-order valence-corrected chi connectivity index (χ1v) is 0. The van der Waals surface area contributed by atoms with Crippen molar-refractivity contribution in [3.8, 4) is 0 Å². The van der Waals surface area contributed by atoms with Gasteiger partial charge in [0, 0.05) is 59.1 Å². The minimum absolute atomic E-state index is 0. The van der Waals surface area contributed by atoms with Gasteiger partial charge in [-0.15, -0.1) is 0 Å². The third-order valence-electron chi connectivity index (χ3n) is 0. The predicted molar refractivity (Wildman–Crippen MR) is 21.6 cm³/mol. The molecular formula is H6N2Na2. The average molecular weight is 80.0 g/mol. The van der Waals surface area contributed by atoms with Gasteiger partial charge in [0.05, 0.1) is 0 Å². The molecule has 2 nitrogen and oxygen atoms in total. The summed E-state index contributed by atoms with van der Waals surface area (Å²) in [6.45, 7) is 0. The fraction of sp³-hybridized carbons (Fsp3) is 0. The molecule has 0 spiro atoms. The maximum absolute atomic E-state index is 0. The Hall–Kier alpha value is 1.92. The molecule has 0 unspecified atom stereocenters. The second-order valence-corrected chi connectivity index (χ2v) is 0. The van der Waals surface area contributed by atoms with Gasteiger partial charge in [0.1, 0.15) is 0 Å². The van der Waals surface area contributed by atoms with Gasteiger partial charge in [-0.25, -0.2) is 0 Å². The van der Waals surface area contributed by atoms with E-state index in [2.05, 4.69) is 0 Å². The minimum atomic E-state index is 0. The molecule has 0 saturated heterocycles. The molecule has 0 aliphatic rings. The summed E-state index contributed by atoms with van der Waals surface area (Å²) in [5.74, 6) is 0. The summed E-state index contributed by atoms with van der Waals surface area (Å²) < 4.78 is 0. The number of rotatable bonds is 0. The zero-order valence-electron chi connectivity index (χ0n) is 3.41. The summed E-state index contributed by atoms with van der Waals surface area (Å²) in [6.07, 6.45) is 0. The maximum Gasteiger partial charge on any atom is 0 e. The van der Waals surface area contributed by atoms with Crippen molar-refractivity contribution in [1.29, 1.82) is 0 Å². The van der Waals surface area contributed by atoms with Crippen molar-refractivity contribution in [2.24, 2.45) is 0 Å². The molecule has 0 aromatic carbocycles. The van der Waals surface area contributed by atoms with Crippen molar-refractivity contribution >= 4 is 59.1 Å². The van der Waals surface area contributed by atoms with Gasteiger partial charge in [0.25, 0.3) is 0 Å².